The molecule has 0 fully saturated rings. The summed E-state index contributed by atoms with van der Waals surface area (Å²) in [5.74, 6) is 0.535. The van der Waals surface area contributed by atoms with Crippen molar-refractivity contribution in [2.45, 2.75) is 24.0 Å². The largest absolute Gasteiger partial charge is 0.611 e. The van der Waals surface area contributed by atoms with Crippen LogP contribution in [0.4, 0.5) is 5.69 Å². The fraction of sp³-hybridized carbons (Fsp3) is 0.261. The summed E-state index contributed by atoms with van der Waals surface area (Å²) in [6, 6.07) is 9.45. The standard InChI is InChI=1S/C23H24N4O2S3/c1-4-5-12-32(29)23-19(24)18-16(14-6-8-15(9-7-14)22(28)27(2)3)13-17(26-21(18)31-23)20-25-10-11-30-20/h6-11,13H,4-5,12,24H2,1-3H3. The predicted molar refractivity (Wildman–Crippen MR) is 135 cm³/mol. The maximum Gasteiger partial charge on any atom is 0.253 e. The number of pyridine rings is 1. The molecule has 4 aromatic rings. The Morgan fingerprint density at radius 2 is 2.00 bits per heavy atom. The Balaban J connectivity index is 1.87. The van der Waals surface area contributed by atoms with Crippen LogP contribution in [0.2, 0.25) is 0 Å². The summed E-state index contributed by atoms with van der Waals surface area (Å²) >= 11 is 1.75. The molecule has 32 heavy (non-hydrogen) atoms. The lowest BCUT2D eigenvalue weighted by Crippen LogP contribution is -2.21. The van der Waals surface area contributed by atoms with E-state index in [1.807, 2.05) is 35.7 Å². The van der Waals surface area contributed by atoms with Gasteiger partial charge in [-0.3, -0.25) is 4.79 Å². The number of hydrogen-bond acceptors (Lipinski definition) is 7. The van der Waals surface area contributed by atoms with Crippen LogP contribution in [0, 0.1) is 0 Å². The Hall–Kier alpha value is -2.46. The number of hydrogen-bond donors (Lipinski definition) is 1. The van der Waals surface area contributed by atoms with Crippen LogP contribution in [-0.4, -0.2) is 45.2 Å². The third-order valence-electron chi connectivity index (χ3n) is 5.06. The summed E-state index contributed by atoms with van der Waals surface area (Å²) in [6.45, 7) is 2.08. The third kappa shape index (κ3) is 4.38. The number of fused-ring (bicyclic) bond motifs is 1. The Kier molecular flexibility index (Phi) is 6.80. The average molecular weight is 485 g/mol. The molecule has 0 radical (unpaired) electrons. The van der Waals surface area contributed by atoms with Crippen molar-refractivity contribution < 1.29 is 9.35 Å². The van der Waals surface area contributed by atoms with Crippen LogP contribution in [0.5, 0.6) is 0 Å². The highest BCUT2D eigenvalue weighted by molar-refractivity contribution is 7.93. The summed E-state index contributed by atoms with van der Waals surface area (Å²) in [7, 11) is 3.46. The topological polar surface area (TPSA) is 95.2 Å². The molecule has 0 aliphatic rings. The van der Waals surface area contributed by atoms with Crippen LogP contribution in [0.25, 0.3) is 32.0 Å². The fourth-order valence-electron chi connectivity index (χ4n) is 3.38. The van der Waals surface area contributed by atoms with Gasteiger partial charge in [-0.1, -0.05) is 36.8 Å². The SMILES string of the molecule is CCCC[S+]([O-])c1sc2nc(-c3nccs3)cc(-c3ccc(C(=O)N(C)C)cc3)c2c1N. The van der Waals surface area contributed by atoms with Crippen molar-refractivity contribution in [2.75, 3.05) is 25.6 Å². The van der Waals surface area contributed by atoms with Crippen molar-refractivity contribution in [3.8, 4) is 21.8 Å². The number of unbranched alkanes of at least 4 members (excludes halogenated alkanes) is 1. The van der Waals surface area contributed by atoms with Crippen LogP contribution < -0.4 is 5.73 Å². The number of rotatable bonds is 7. The number of thiophene rings is 1. The highest BCUT2D eigenvalue weighted by Gasteiger charge is 2.25. The van der Waals surface area contributed by atoms with Gasteiger partial charge in [-0.2, -0.15) is 0 Å². The van der Waals surface area contributed by atoms with E-state index in [4.69, 9.17) is 10.7 Å². The van der Waals surface area contributed by atoms with Crippen molar-refractivity contribution in [2.24, 2.45) is 0 Å². The van der Waals surface area contributed by atoms with E-state index in [0.29, 0.717) is 21.2 Å². The molecule has 0 spiro atoms. The number of carbonyl (C=O) groups is 1. The van der Waals surface area contributed by atoms with E-state index in [1.165, 1.54) is 22.7 Å². The van der Waals surface area contributed by atoms with Crippen LogP contribution in [0.3, 0.4) is 0 Å². The van der Waals surface area contributed by atoms with E-state index in [9.17, 15) is 9.35 Å². The highest BCUT2D eigenvalue weighted by Crippen LogP contribution is 2.43. The van der Waals surface area contributed by atoms with E-state index < -0.39 is 11.2 Å². The molecule has 0 aliphatic heterocycles. The third-order valence-corrected chi connectivity index (χ3v) is 8.85. The summed E-state index contributed by atoms with van der Waals surface area (Å²) in [5.41, 5.74) is 10.3. The minimum Gasteiger partial charge on any atom is -0.611 e. The quantitative estimate of drug-likeness (QED) is 0.360. The van der Waals surface area contributed by atoms with E-state index in [2.05, 4.69) is 11.9 Å². The molecule has 0 aliphatic carbocycles. The lowest BCUT2D eigenvalue weighted by atomic mass is 10.0. The fourth-order valence-corrected chi connectivity index (χ4v) is 6.77. The molecular weight excluding hydrogens is 460 g/mol. The van der Waals surface area contributed by atoms with Crippen molar-refractivity contribution in [1.29, 1.82) is 0 Å². The van der Waals surface area contributed by atoms with Crippen LogP contribution >= 0.6 is 22.7 Å². The number of aromatic nitrogens is 2. The van der Waals surface area contributed by atoms with Gasteiger partial charge in [-0.25, -0.2) is 9.97 Å². The summed E-state index contributed by atoms with van der Waals surface area (Å²) in [5, 5.41) is 3.53. The van der Waals surface area contributed by atoms with Gasteiger partial charge in [0.25, 0.3) is 5.91 Å². The van der Waals surface area contributed by atoms with Gasteiger partial charge >= 0.3 is 0 Å². The monoisotopic (exact) mass is 484 g/mol. The first kappa shape index (κ1) is 22.7. The summed E-state index contributed by atoms with van der Waals surface area (Å²) < 4.78 is 13.6. The number of nitrogens with two attached hydrogens (primary N) is 1. The molecule has 2 N–H and O–H groups in total. The molecule has 166 valence electrons. The number of thiazole rings is 1. The van der Waals surface area contributed by atoms with Gasteiger partial charge in [0.1, 0.15) is 27.0 Å². The number of carbonyl (C=O) groups excluding carboxylic acids is 1. The zero-order chi connectivity index (χ0) is 22.8. The zero-order valence-electron chi connectivity index (χ0n) is 18.1. The van der Waals surface area contributed by atoms with Gasteiger partial charge < -0.3 is 15.2 Å². The van der Waals surface area contributed by atoms with Crippen molar-refractivity contribution in [3.63, 3.8) is 0 Å². The van der Waals surface area contributed by atoms with Crippen molar-refractivity contribution in [3.05, 3.63) is 47.5 Å². The Bertz CT molecular complexity index is 1230. The molecule has 1 aromatic carbocycles. The molecule has 1 atom stereocenters. The number of nitrogens with zero attached hydrogens (tertiary/aromatic N) is 3. The van der Waals surface area contributed by atoms with Crippen LogP contribution in [0.1, 0.15) is 30.1 Å². The average Bonchev–Trinajstić information content (AvgIpc) is 3.45. The van der Waals surface area contributed by atoms with E-state index in [1.54, 1.807) is 25.2 Å². The first-order chi connectivity index (χ1) is 15.4. The van der Waals surface area contributed by atoms with E-state index in [-0.39, 0.29) is 5.91 Å². The maximum atomic E-state index is 12.9. The zero-order valence-corrected chi connectivity index (χ0v) is 20.6. The molecule has 1 amide bonds. The second-order valence-electron chi connectivity index (χ2n) is 7.56. The van der Waals surface area contributed by atoms with Gasteiger partial charge in [-0.05, 0) is 46.9 Å². The lowest BCUT2D eigenvalue weighted by molar-refractivity contribution is 0.0827. The molecule has 9 heteroatoms. The number of nitrogen functional groups attached to an aromatic ring is 1. The maximum absolute atomic E-state index is 12.9. The molecule has 0 saturated heterocycles. The second-order valence-corrected chi connectivity index (χ2v) is 11.2. The molecule has 3 aromatic heterocycles. The number of amides is 1. The molecule has 6 nitrogen and oxygen atoms in total. The number of anilines is 1. The van der Waals surface area contributed by atoms with Gasteiger partial charge in [0.15, 0.2) is 0 Å². The van der Waals surface area contributed by atoms with Gasteiger partial charge in [0.2, 0.25) is 4.21 Å². The molecule has 3 heterocycles. The summed E-state index contributed by atoms with van der Waals surface area (Å²) in [4.78, 5) is 23.8. The molecule has 0 bridgehead atoms. The normalized spacial score (nSPS) is 12.2. The molecular formula is C23H24N4O2S3. The van der Waals surface area contributed by atoms with Crippen molar-refractivity contribution in [1.82, 2.24) is 14.9 Å². The smallest absolute Gasteiger partial charge is 0.253 e. The second kappa shape index (κ2) is 9.58. The number of benzene rings is 1. The Morgan fingerprint density at radius 3 is 2.62 bits per heavy atom. The Labute approximate surface area is 198 Å². The van der Waals surface area contributed by atoms with Gasteiger partial charge in [0.05, 0.1) is 0 Å². The predicted octanol–water partition coefficient (Wildman–Crippen LogP) is 5.28. The Morgan fingerprint density at radius 1 is 1.25 bits per heavy atom. The van der Waals surface area contributed by atoms with Gasteiger partial charge in [0, 0.05) is 36.6 Å². The first-order valence-electron chi connectivity index (χ1n) is 10.2. The molecule has 0 saturated carbocycles. The van der Waals surface area contributed by atoms with Crippen LogP contribution in [0.15, 0.2) is 46.1 Å². The lowest BCUT2D eigenvalue weighted by Gasteiger charge is -2.12. The van der Waals surface area contributed by atoms with Gasteiger partial charge in [-0.15, -0.1) is 11.3 Å². The molecule has 1 unspecified atom stereocenters. The highest BCUT2D eigenvalue weighted by atomic mass is 32.2. The minimum atomic E-state index is -1.16. The minimum absolute atomic E-state index is 0.0523. The van der Waals surface area contributed by atoms with E-state index >= 15 is 0 Å². The van der Waals surface area contributed by atoms with E-state index in [0.717, 1.165) is 44.9 Å². The van der Waals surface area contributed by atoms with Crippen LogP contribution in [-0.2, 0) is 11.2 Å². The van der Waals surface area contributed by atoms with Crippen molar-refractivity contribution >= 4 is 55.7 Å². The first-order valence-corrected chi connectivity index (χ1v) is 13.3. The summed E-state index contributed by atoms with van der Waals surface area (Å²) in [6.07, 6.45) is 3.61. The molecule has 4 rings (SSSR count).